The quantitative estimate of drug-likeness (QED) is 0.860. The molecule has 5 nitrogen and oxygen atoms in total. The van der Waals surface area contributed by atoms with Gasteiger partial charge in [-0.3, -0.25) is 9.59 Å². The molecule has 0 spiro atoms. The molecule has 2 aliphatic heterocycles. The van der Waals surface area contributed by atoms with Gasteiger partial charge in [0.15, 0.2) is 0 Å². The second-order valence-corrected chi connectivity index (χ2v) is 6.56. The van der Waals surface area contributed by atoms with Crippen LogP contribution in [0.2, 0.25) is 5.02 Å². The highest BCUT2D eigenvalue weighted by atomic mass is 35.5. The van der Waals surface area contributed by atoms with E-state index in [4.69, 9.17) is 11.6 Å². The van der Waals surface area contributed by atoms with Crippen LogP contribution in [0, 0.1) is 5.82 Å². The number of benzene rings is 2. The summed E-state index contributed by atoms with van der Waals surface area (Å²) >= 11 is 5.73. The van der Waals surface area contributed by atoms with E-state index in [9.17, 15) is 14.0 Å². The zero-order valence-corrected chi connectivity index (χ0v) is 13.9. The molecule has 128 valence electrons. The van der Waals surface area contributed by atoms with Gasteiger partial charge in [0.2, 0.25) is 5.91 Å². The molecule has 1 fully saturated rings. The van der Waals surface area contributed by atoms with E-state index in [1.54, 1.807) is 12.1 Å². The van der Waals surface area contributed by atoms with Gasteiger partial charge in [-0.05, 0) is 49.2 Å². The minimum atomic E-state index is -0.545. The molecule has 0 radical (unpaired) electrons. The Hall–Kier alpha value is -2.60. The van der Waals surface area contributed by atoms with E-state index < -0.39 is 5.82 Å². The minimum Gasteiger partial charge on any atom is -0.358 e. The van der Waals surface area contributed by atoms with Crippen molar-refractivity contribution in [3.63, 3.8) is 0 Å². The molecule has 4 rings (SSSR count). The molecular weight excluding hydrogens is 345 g/mol. The number of carbonyl (C=O) groups is 2. The molecule has 0 aliphatic carbocycles. The lowest BCUT2D eigenvalue weighted by Crippen LogP contribution is -2.43. The molecular formula is C18H15ClFN3O2. The van der Waals surface area contributed by atoms with Crippen LogP contribution >= 0.6 is 11.6 Å². The van der Waals surface area contributed by atoms with E-state index in [0.717, 1.165) is 25.1 Å². The van der Waals surface area contributed by atoms with E-state index in [1.807, 2.05) is 6.07 Å². The molecule has 2 N–H and O–H groups in total. The van der Waals surface area contributed by atoms with Crippen molar-refractivity contribution in [2.75, 3.05) is 22.1 Å². The van der Waals surface area contributed by atoms with Crippen molar-refractivity contribution in [2.45, 2.75) is 18.9 Å². The Balaban J connectivity index is 1.59. The summed E-state index contributed by atoms with van der Waals surface area (Å²) in [7, 11) is 0. The maximum Gasteiger partial charge on any atom is 0.255 e. The summed E-state index contributed by atoms with van der Waals surface area (Å²) in [5, 5.41) is 5.49. The first-order chi connectivity index (χ1) is 12.0. The highest BCUT2D eigenvalue weighted by molar-refractivity contribution is 6.31. The van der Waals surface area contributed by atoms with Gasteiger partial charge in [0.05, 0.1) is 16.4 Å². The number of halogens is 2. The molecule has 1 saturated heterocycles. The number of anilines is 3. The Morgan fingerprint density at radius 3 is 2.92 bits per heavy atom. The third kappa shape index (κ3) is 2.82. The molecule has 2 heterocycles. The number of fused-ring (bicyclic) bond motifs is 3. The van der Waals surface area contributed by atoms with Crippen LogP contribution in [0.3, 0.4) is 0 Å². The lowest BCUT2D eigenvalue weighted by atomic mass is 10.1. The molecule has 2 aliphatic rings. The molecule has 2 aromatic rings. The third-order valence-corrected chi connectivity index (χ3v) is 4.85. The molecule has 2 aromatic carbocycles. The largest absolute Gasteiger partial charge is 0.358 e. The maximum absolute atomic E-state index is 13.2. The van der Waals surface area contributed by atoms with Gasteiger partial charge in [0.25, 0.3) is 5.91 Å². The first kappa shape index (κ1) is 15.9. The number of amides is 2. The van der Waals surface area contributed by atoms with Crippen LogP contribution < -0.4 is 15.5 Å². The van der Waals surface area contributed by atoms with Gasteiger partial charge in [0, 0.05) is 17.8 Å². The summed E-state index contributed by atoms with van der Waals surface area (Å²) in [5.41, 5.74) is 2.37. The fourth-order valence-electron chi connectivity index (χ4n) is 3.35. The van der Waals surface area contributed by atoms with E-state index in [0.29, 0.717) is 16.9 Å². The molecule has 25 heavy (non-hydrogen) atoms. The number of hydrogen-bond donors (Lipinski definition) is 2. The highest BCUT2D eigenvalue weighted by Crippen LogP contribution is 2.37. The summed E-state index contributed by atoms with van der Waals surface area (Å²) < 4.78 is 13.2. The first-order valence-electron chi connectivity index (χ1n) is 8.01. The van der Waals surface area contributed by atoms with Crippen LogP contribution in [0.5, 0.6) is 0 Å². The summed E-state index contributed by atoms with van der Waals surface area (Å²) in [6.45, 7) is 0.838. The average Bonchev–Trinajstić information content (AvgIpc) is 3.08. The van der Waals surface area contributed by atoms with Crippen LogP contribution in [0.25, 0.3) is 0 Å². The molecule has 0 unspecified atom stereocenters. The maximum atomic E-state index is 13.2. The third-order valence-electron chi connectivity index (χ3n) is 4.56. The van der Waals surface area contributed by atoms with Gasteiger partial charge < -0.3 is 15.5 Å². The lowest BCUT2D eigenvalue weighted by Gasteiger charge is -2.33. The van der Waals surface area contributed by atoms with E-state index in [2.05, 4.69) is 15.5 Å². The SMILES string of the molecule is O=C(Nc1ccc(F)c(Cl)c1)c1ccc2c(c1)NC(=O)[C@H]1CCCN21. The topological polar surface area (TPSA) is 61.4 Å². The van der Waals surface area contributed by atoms with E-state index in [-0.39, 0.29) is 22.9 Å². The van der Waals surface area contributed by atoms with Crippen LogP contribution in [0.4, 0.5) is 21.5 Å². The van der Waals surface area contributed by atoms with Crippen molar-refractivity contribution in [3.05, 3.63) is 52.8 Å². The van der Waals surface area contributed by atoms with Crippen LogP contribution in [0.1, 0.15) is 23.2 Å². The van der Waals surface area contributed by atoms with Crippen molar-refractivity contribution < 1.29 is 14.0 Å². The summed E-state index contributed by atoms with van der Waals surface area (Å²) in [6, 6.07) is 9.08. The van der Waals surface area contributed by atoms with Crippen molar-refractivity contribution >= 4 is 40.5 Å². The number of hydrogen-bond acceptors (Lipinski definition) is 3. The van der Waals surface area contributed by atoms with Gasteiger partial charge in [0.1, 0.15) is 11.9 Å². The zero-order chi connectivity index (χ0) is 17.6. The Morgan fingerprint density at radius 2 is 2.12 bits per heavy atom. The average molecular weight is 360 g/mol. The Bertz CT molecular complexity index is 887. The van der Waals surface area contributed by atoms with Gasteiger partial charge in [-0.15, -0.1) is 0 Å². The van der Waals surface area contributed by atoms with Gasteiger partial charge in [-0.2, -0.15) is 0 Å². The number of rotatable bonds is 2. The molecule has 0 aromatic heterocycles. The van der Waals surface area contributed by atoms with E-state index in [1.165, 1.54) is 18.2 Å². The Morgan fingerprint density at radius 1 is 1.28 bits per heavy atom. The standard InChI is InChI=1S/C18H15ClFN3O2/c19-12-9-11(4-5-13(12)20)21-17(24)10-3-6-15-14(8-10)22-18(25)16-2-1-7-23(15)16/h3-6,8-9,16H,1-2,7H2,(H,21,24)(H,22,25)/t16-/m1/s1. The van der Waals surface area contributed by atoms with Crippen molar-refractivity contribution in [1.82, 2.24) is 0 Å². The predicted octanol–water partition coefficient (Wildman–Crippen LogP) is 3.65. The second kappa shape index (κ2) is 6.04. The molecule has 7 heteroatoms. The van der Waals surface area contributed by atoms with E-state index >= 15 is 0 Å². The normalized spacial score (nSPS) is 18.4. The van der Waals surface area contributed by atoms with Crippen molar-refractivity contribution in [2.24, 2.45) is 0 Å². The zero-order valence-electron chi connectivity index (χ0n) is 13.2. The van der Waals surface area contributed by atoms with Crippen LogP contribution in [-0.2, 0) is 4.79 Å². The molecule has 1 atom stereocenters. The fourth-order valence-corrected chi connectivity index (χ4v) is 3.53. The van der Waals surface area contributed by atoms with Crippen LogP contribution in [-0.4, -0.2) is 24.4 Å². The summed E-state index contributed by atoms with van der Waals surface area (Å²) in [5.74, 6) is -0.938. The minimum absolute atomic E-state index is 0.0344. The number of carbonyl (C=O) groups excluding carboxylic acids is 2. The smallest absolute Gasteiger partial charge is 0.255 e. The lowest BCUT2D eigenvalue weighted by molar-refractivity contribution is -0.117. The molecule has 2 amide bonds. The fraction of sp³-hybridized carbons (Fsp3) is 0.222. The van der Waals surface area contributed by atoms with Gasteiger partial charge in [-0.25, -0.2) is 4.39 Å². The highest BCUT2D eigenvalue weighted by Gasteiger charge is 2.36. The summed E-state index contributed by atoms with van der Waals surface area (Å²) in [6.07, 6.45) is 1.82. The Labute approximate surface area is 148 Å². The number of nitrogens with one attached hydrogen (secondary N) is 2. The molecule has 0 bridgehead atoms. The van der Waals surface area contributed by atoms with Crippen LogP contribution in [0.15, 0.2) is 36.4 Å². The first-order valence-corrected chi connectivity index (χ1v) is 8.39. The second-order valence-electron chi connectivity index (χ2n) is 6.16. The van der Waals surface area contributed by atoms with Gasteiger partial charge in [-0.1, -0.05) is 11.6 Å². The van der Waals surface area contributed by atoms with Gasteiger partial charge >= 0.3 is 0 Å². The Kier molecular flexibility index (Phi) is 3.84. The molecule has 0 saturated carbocycles. The predicted molar refractivity (Wildman–Crippen MR) is 94.8 cm³/mol. The number of nitrogens with zero attached hydrogens (tertiary/aromatic N) is 1. The monoisotopic (exact) mass is 359 g/mol. The van der Waals surface area contributed by atoms with Crippen molar-refractivity contribution in [1.29, 1.82) is 0 Å². The summed E-state index contributed by atoms with van der Waals surface area (Å²) in [4.78, 5) is 26.7. The van der Waals surface area contributed by atoms with Crippen molar-refractivity contribution in [3.8, 4) is 0 Å².